The Kier molecular flexibility index (Phi) is 4.73. The molecule has 118 valence electrons. The molecule has 5 nitrogen and oxygen atoms in total. The van der Waals surface area contributed by atoms with Crippen LogP contribution in [0.4, 0.5) is 0 Å². The normalized spacial score (nSPS) is 10.5. The van der Waals surface area contributed by atoms with Crippen molar-refractivity contribution in [2.24, 2.45) is 0 Å². The van der Waals surface area contributed by atoms with E-state index in [4.69, 9.17) is 14.0 Å². The van der Waals surface area contributed by atoms with Crippen molar-refractivity contribution in [2.45, 2.75) is 13.0 Å². The molecule has 0 saturated carbocycles. The molecule has 0 aliphatic rings. The van der Waals surface area contributed by atoms with Crippen LogP contribution in [0.3, 0.4) is 0 Å². The predicted molar refractivity (Wildman–Crippen MR) is 86.3 cm³/mol. The maximum atomic E-state index is 11.9. The van der Waals surface area contributed by atoms with Gasteiger partial charge in [-0.2, -0.15) is 0 Å². The van der Waals surface area contributed by atoms with Crippen molar-refractivity contribution in [1.29, 1.82) is 0 Å². The number of benzene rings is 1. The van der Waals surface area contributed by atoms with Gasteiger partial charge in [0.1, 0.15) is 18.1 Å². The van der Waals surface area contributed by atoms with E-state index in [0.717, 1.165) is 16.2 Å². The van der Waals surface area contributed by atoms with Crippen LogP contribution in [0.25, 0.3) is 10.6 Å². The van der Waals surface area contributed by atoms with E-state index in [0.29, 0.717) is 11.5 Å². The molecule has 0 saturated heterocycles. The molecule has 0 bridgehead atoms. The summed E-state index contributed by atoms with van der Waals surface area (Å²) < 4.78 is 15.5. The summed E-state index contributed by atoms with van der Waals surface area (Å²) in [6.45, 7) is 0.101. The first-order valence-electron chi connectivity index (χ1n) is 7.02. The lowest BCUT2D eigenvalue weighted by molar-refractivity contribution is -0.144. The summed E-state index contributed by atoms with van der Waals surface area (Å²) in [6.07, 6.45) is 0.208. The highest BCUT2D eigenvalue weighted by Gasteiger charge is 2.10. The van der Waals surface area contributed by atoms with Gasteiger partial charge in [-0.15, -0.1) is 11.3 Å². The Bertz CT molecular complexity index is 762. The maximum absolute atomic E-state index is 11.9. The minimum Gasteiger partial charge on any atom is -0.497 e. The van der Waals surface area contributed by atoms with Gasteiger partial charge >= 0.3 is 5.97 Å². The summed E-state index contributed by atoms with van der Waals surface area (Å²) >= 11 is 1.57. The molecule has 3 rings (SSSR count). The quantitative estimate of drug-likeness (QED) is 0.645. The van der Waals surface area contributed by atoms with Crippen LogP contribution in [0.5, 0.6) is 5.75 Å². The third-order valence-electron chi connectivity index (χ3n) is 3.21. The van der Waals surface area contributed by atoms with Crippen LogP contribution in [0.15, 0.2) is 52.4 Å². The van der Waals surface area contributed by atoms with Gasteiger partial charge in [0.15, 0.2) is 5.76 Å². The number of aromatic nitrogens is 1. The molecule has 2 aromatic heterocycles. The monoisotopic (exact) mass is 329 g/mol. The van der Waals surface area contributed by atoms with E-state index in [1.165, 1.54) is 0 Å². The Balaban J connectivity index is 1.52. The fraction of sp³-hybridized carbons (Fsp3) is 0.176. The molecule has 3 aromatic rings. The summed E-state index contributed by atoms with van der Waals surface area (Å²) in [5, 5.41) is 5.88. The largest absolute Gasteiger partial charge is 0.497 e. The number of methoxy groups -OCH3 is 1. The van der Waals surface area contributed by atoms with Crippen LogP contribution < -0.4 is 4.74 Å². The SMILES string of the molecule is COc1ccc(CC(=O)OCc2cc(-c3cccs3)on2)cc1. The van der Waals surface area contributed by atoms with E-state index in [2.05, 4.69) is 5.16 Å². The van der Waals surface area contributed by atoms with Crippen LogP contribution in [0.2, 0.25) is 0 Å². The Morgan fingerprint density at radius 3 is 2.78 bits per heavy atom. The topological polar surface area (TPSA) is 61.6 Å². The van der Waals surface area contributed by atoms with Gasteiger partial charge in [-0.3, -0.25) is 4.79 Å². The lowest BCUT2D eigenvalue weighted by Crippen LogP contribution is -2.08. The summed E-state index contributed by atoms with van der Waals surface area (Å²) in [4.78, 5) is 12.9. The third kappa shape index (κ3) is 3.98. The van der Waals surface area contributed by atoms with Gasteiger partial charge in [0.2, 0.25) is 0 Å². The highest BCUT2D eigenvalue weighted by molar-refractivity contribution is 7.13. The molecule has 0 fully saturated rings. The Labute approximate surface area is 137 Å². The fourth-order valence-electron chi connectivity index (χ4n) is 2.03. The van der Waals surface area contributed by atoms with E-state index in [1.54, 1.807) is 24.5 Å². The molecule has 1 aromatic carbocycles. The Morgan fingerprint density at radius 1 is 1.26 bits per heavy atom. The van der Waals surface area contributed by atoms with Crippen LogP contribution in [-0.2, 0) is 22.6 Å². The minimum atomic E-state index is -0.309. The Hall–Kier alpha value is -2.60. The average molecular weight is 329 g/mol. The van der Waals surface area contributed by atoms with Gasteiger partial charge in [-0.05, 0) is 29.1 Å². The van der Waals surface area contributed by atoms with Gasteiger partial charge in [0, 0.05) is 6.07 Å². The third-order valence-corrected chi connectivity index (χ3v) is 4.10. The average Bonchev–Trinajstić information content (AvgIpc) is 3.25. The number of carbonyl (C=O) groups excluding carboxylic acids is 1. The number of hydrogen-bond acceptors (Lipinski definition) is 6. The number of carbonyl (C=O) groups is 1. The summed E-state index contributed by atoms with van der Waals surface area (Å²) in [6, 6.07) is 13.0. The number of rotatable bonds is 6. The van der Waals surface area contributed by atoms with E-state index in [9.17, 15) is 4.79 Å². The first-order chi connectivity index (χ1) is 11.2. The van der Waals surface area contributed by atoms with Crippen LogP contribution in [0, 0.1) is 0 Å². The van der Waals surface area contributed by atoms with Gasteiger partial charge in [0.05, 0.1) is 18.4 Å². The standard InChI is InChI=1S/C17H15NO4S/c1-20-14-6-4-12(5-7-14)9-17(19)21-11-13-10-15(22-18-13)16-3-2-8-23-16/h2-8,10H,9,11H2,1H3. The molecule has 0 aliphatic carbocycles. The van der Waals surface area contributed by atoms with Crippen molar-refractivity contribution in [3.8, 4) is 16.4 Å². The van der Waals surface area contributed by atoms with Gasteiger partial charge in [-0.25, -0.2) is 0 Å². The van der Waals surface area contributed by atoms with Crippen molar-refractivity contribution in [2.75, 3.05) is 7.11 Å². The molecule has 0 amide bonds. The number of thiophene rings is 1. The zero-order chi connectivity index (χ0) is 16.1. The first-order valence-corrected chi connectivity index (χ1v) is 7.90. The van der Waals surface area contributed by atoms with Gasteiger partial charge < -0.3 is 14.0 Å². The first kappa shape index (κ1) is 15.3. The molecule has 0 spiro atoms. The van der Waals surface area contributed by atoms with E-state index in [1.807, 2.05) is 41.8 Å². The molecule has 0 unspecified atom stereocenters. The zero-order valence-electron chi connectivity index (χ0n) is 12.5. The van der Waals surface area contributed by atoms with Crippen molar-refractivity contribution >= 4 is 17.3 Å². The summed E-state index contributed by atoms with van der Waals surface area (Å²) in [5.74, 6) is 1.13. The van der Waals surface area contributed by atoms with Gasteiger partial charge in [0.25, 0.3) is 0 Å². The second-order valence-corrected chi connectivity index (χ2v) is 5.79. The molecule has 0 atom stereocenters. The van der Waals surface area contributed by atoms with Crippen molar-refractivity contribution in [3.05, 3.63) is 59.1 Å². The van der Waals surface area contributed by atoms with Gasteiger partial charge in [-0.1, -0.05) is 23.4 Å². The highest BCUT2D eigenvalue weighted by atomic mass is 32.1. The number of esters is 1. The smallest absolute Gasteiger partial charge is 0.310 e. The highest BCUT2D eigenvalue weighted by Crippen LogP contribution is 2.25. The summed E-state index contributed by atoms with van der Waals surface area (Å²) in [5.41, 5.74) is 1.46. The maximum Gasteiger partial charge on any atom is 0.310 e. The molecular weight excluding hydrogens is 314 g/mol. The summed E-state index contributed by atoms with van der Waals surface area (Å²) in [7, 11) is 1.60. The van der Waals surface area contributed by atoms with Crippen LogP contribution >= 0.6 is 11.3 Å². The second-order valence-electron chi connectivity index (χ2n) is 4.85. The zero-order valence-corrected chi connectivity index (χ0v) is 13.3. The van der Waals surface area contributed by atoms with E-state index in [-0.39, 0.29) is 19.0 Å². The number of hydrogen-bond donors (Lipinski definition) is 0. The molecule has 0 radical (unpaired) electrons. The Morgan fingerprint density at radius 2 is 2.09 bits per heavy atom. The lowest BCUT2D eigenvalue weighted by atomic mass is 10.1. The minimum absolute atomic E-state index is 0.101. The van der Waals surface area contributed by atoms with E-state index < -0.39 is 0 Å². The fourth-order valence-corrected chi connectivity index (χ4v) is 2.70. The van der Waals surface area contributed by atoms with Crippen LogP contribution in [0.1, 0.15) is 11.3 Å². The molecule has 23 heavy (non-hydrogen) atoms. The van der Waals surface area contributed by atoms with Crippen molar-refractivity contribution in [1.82, 2.24) is 5.16 Å². The molecule has 0 N–H and O–H groups in total. The molecule has 6 heteroatoms. The van der Waals surface area contributed by atoms with Crippen molar-refractivity contribution < 1.29 is 18.8 Å². The molecule has 2 heterocycles. The van der Waals surface area contributed by atoms with E-state index >= 15 is 0 Å². The van der Waals surface area contributed by atoms with Crippen LogP contribution in [-0.4, -0.2) is 18.2 Å². The van der Waals surface area contributed by atoms with Crippen molar-refractivity contribution in [3.63, 3.8) is 0 Å². The molecule has 0 aliphatic heterocycles. The number of nitrogens with zero attached hydrogens (tertiary/aromatic N) is 1. The predicted octanol–water partition coefficient (Wildman–Crippen LogP) is 3.70. The second kappa shape index (κ2) is 7.11. The molecular formula is C17H15NO4S. The lowest BCUT2D eigenvalue weighted by Gasteiger charge is -2.04. The number of ether oxygens (including phenoxy) is 2.